The van der Waals surface area contributed by atoms with E-state index in [4.69, 9.17) is 5.73 Å². The van der Waals surface area contributed by atoms with E-state index < -0.39 is 0 Å². The van der Waals surface area contributed by atoms with E-state index in [1.165, 1.54) is 0 Å². The van der Waals surface area contributed by atoms with Gasteiger partial charge in [0.15, 0.2) is 5.69 Å². The third kappa shape index (κ3) is 3.63. The number of hydrogen-bond acceptors (Lipinski definition) is 3. The van der Waals surface area contributed by atoms with Gasteiger partial charge >= 0.3 is 0 Å². The standard InChI is InChI=1S/C15H21BrN4O/c1-9(2)12(17)6-7-20(3)15(21)14-11-8-10(16)4-5-13(11)18-19-14/h4-5,8-9,12H,6-7,17H2,1-3H3,(H,18,19). The lowest BCUT2D eigenvalue weighted by Crippen LogP contribution is -2.34. The third-order valence-corrected chi connectivity index (χ3v) is 4.22. The lowest BCUT2D eigenvalue weighted by atomic mass is 10.0. The molecular weight excluding hydrogens is 332 g/mol. The Kier molecular flexibility index (Phi) is 5.00. The molecule has 2 rings (SSSR count). The maximum Gasteiger partial charge on any atom is 0.274 e. The number of amides is 1. The van der Waals surface area contributed by atoms with Gasteiger partial charge in [-0.1, -0.05) is 29.8 Å². The van der Waals surface area contributed by atoms with Gasteiger partial charge in [0.05, 0.1) is 5.52 Å². The Balaban J connectivity index is 2.12. The quantitative estimate of drug-likeness (QED) is 0.868. The number of aromatic amines is 1. The Morgan fingerprint density at radius 3 is 2.86 bits per heavy atom. The van der Waals surface area contributed by atoms with Crippen LogP contribution in [0, 0.1) is 5.92 Å². The van der Waals surface area contributed by atoms with Crippen molar-refractivity contribution in [1.82, 2.24) is 15.1 Å². The van der Waals surface area contributed by atoms with Crippen LogP contribution >= 0.6 is 15.9 Å². The number of hydrogen-bond donors (Lipinski definition) is 2. The predicted octanol–water partition coefficient (Wildman–Crippen LogP) is 2.77. The van der Waals surface area contributed by atoms with Crippen molar-refractivity contribution in [3.63, 3.8) is 0 Å². The van der Waals surface area contributed by atoms with Gasteiger partial charge in [0.25, 0.3) is 5.91 Å². The molecule has 21 heavy (non-hydrogen) atoms. The Hall–Kier alpha value is -1.40. The van der Waals surface area contributed by atoms with Gasteiger partial charge < -0.3 is 10.6 Å². The largest absolute Gasteiger partial charge is 0.340 e. The lowest BCUT2D eigenvalue weighted by molar-refractivity contribution is 0.0785. The first-order chi connectivity index (χ1) is 9.90. The SMILES string of the molecule is CC(C)C(N)CCN(C)C(=O)c1n[nH]c2ccc(Br)cc12. The van der Waals surface area contributed by atoms with E-state index in [0.29, 0.717) is 18.2 Å². The fourth-order valence-electron chi connectivity index (χ4n) is 2.11. The molecule has 1 aromatic heterocycles. The second-order valence-corrected chi connectivity index (χ2v) is 6.60. The molecule has 1 aromatic carbocycles. The van der Waals surface area contributed by atoms with Gasteiger partial charge in [-0.05, 0) is 30.5 Å². The average molecular weight is 353 g/mol. The van der Waals surface area contributed by atoms with Crippen molar-refractivity contribution in [2.75, 3.05) is 13.6 Å². The van der Waals surface area contributed by atoms with E-state index in [1.807, 2.05) is 18.2 Å². The molecule has 0 aliphatic heterocycles. The molecule has 6 heteroatoms. The summed E-state index contributed by atoms with van der Waals surface area (Å²) in [5.41, 5.74) is 7.33. The first-order valence-electron chi connectivity index (χ1n) is 7.05. The van der Waals surface area contributed by atoms with E-state index in [2.05, 4.69) is 40.0 Å². The van der Waals surface area contributed by atoms with Gasteiger partial charge in [0.1, 0.15) is 0 Å². The number of nitrogens with zero attached hydrogens (tertiary/aromatic N) is 2. The summed E-state index contributed by atoms with van der Waals surface area (Å²) in [6.45, 7) is 4.80. The molecule has 0 aliphatic rings. The van der Waals surface area contributed by atoms with Crippen LogP contribution in [0.5, 0.6) is 0 Å². The Labute approximate surface area is 133 Å². The second-order valence-electron chi connectivity index (χ2n) is 5.69. The van der Waals surface area contributed by atoms with Gasteiger partial charge in [0.2, 0.25) is 0 Å². The highest BCUT2D eigenvalue weighted by Gasteiger charge is 2.19. The molecule has 0 radical (unpaired) electrons. The van der Waals surface area contributed by atoms with Crippen LogP contribution < -0.4 is 5.73 Å². The number of nitrogens with one attached hydrogen (secondary N) is 1. The van der Waals surface area contributed by atoms with Crippen molar-refractivity contribution in [1.29, 1.82) is 0 Å². The molecule has 1 amide bonds. The summed E-state index contributed by atoms with van der Waals surface area (Å²) in [5.74, 6) is 0.325. The Morgan fingerprint density at radius 2 is 2.19 bits per heavy atom. The van der Waals surface area contributed by atoms with E-state index in [-0.39, 0.29) is 11.9 Å². The van der Waals surface area contributed by atoms with Gasteiger partial charge in [-0.25, -0.2) is 0 Å². The highest BCUT2D eigenvalue weighted by molar-refractivity contribution is 9.10. The Morgan fingerprint density at radius 1 is 1.48 bits per heavy atom. The minimum Gasteiger partial charge on any atom is -0.340 e. The molecular formula is C15H21BrN4O. The van der Waals surface area contributed by atoms with E-state index in [9.17, 15) is 4.79 Å². The first kappa shape index (κ1) is 16.0. The molecule has 1 unspecified atom stereocenters. The number of aromatic nitrogens is 2. The topological polar surface area (TPSA) is 75.0 Å². The number of rotatable bonds is 5. The number of H-pyrrole nitrogens is 1. The molecule has 0 saturated carbocycles. The summed E-state index contributed by atoms with van der Waals surface area (Å²) < 4.78 is 0.926. The summed E-state index contributed by atoms with van der Waals surface area (Å²) >= 11 is 3.42. The van der Waals surface area contributed by atoms with Crippen LogP contribution in [-0.4, -0.2) is 40.6 Å². The summed E-state index contributed by atoms with van der Waals surface area (Å²) in [4.78, 5) is 14.2. The molecule has 3 N–H and O–H groups in total. The van der Waals surface area contributed by atoms with Gasteiger partial charge in [-0.15, -0.1) is 0 Å². The molecule has 0 bridgehead atoms. The fraction of sp³-hybridized carbons (Fsp3) is 0.467. The summed E-state index contributed by atoms with van der Waals surface area (Å²) in [6.07, 6.45) is 0.784. The third-order valence-electron chi connectivity index (χ3n) is 3.73. The van der Waals surface area contributed by atoms with Gasteiger partial charge in [-0.2, -0.15) is 5.10 Å². The number of carbonyl (C=O) groups excluding carboxylic acids is 1. The molecule has 114 valence electrons. The zero-order valence-corrected chi connectivity index (χ0v) is 14.1. The molecule has 0 fully saturated rings. The van der Waals surface area contributed by atoms with E-state index in [0.717, 1.165) is 21.8 Å². The highest BCUT2D eigenvalue weighted by atomic mass is 79.9. The summed E-state index contributed by atoms with van der Waals surface area (Å²) in [5, 5.41) is 7.87. The highest BCUT2D eigenvalue weighted by Crippen LogP contribution is 2.22. The normalized spacial score (nSPS) is 12.9. The van der Waals surface area contributed by atoms with Gasteiger partial charge in [0, 0.05) is 29.5 Å². The average Bonchev–Trinajstić information content (AvgIpc) is 2.86. The smallest absolute Gasteiger partial charge is 0.274 e. The minimum absolute atomic E-state index is 0.0877. The van der Waals surface area contributed by atoms with Crippen molar-refractivity contribution in [3.05, 3.63) is 28.4 Å². The van der Waals surface area contributed by atoms with Crippen LogP contribution in [0.25, 0.3) is 10.9 Å². The van der Waals surface area contributed by atoms with Crippen molar-refractivity contribution in [3.8, 4) is 0 Å². The van der Waals surface area contributed by atoms with Crippen molar-refractivity contribution >= 4 is 32.7 Å². The maximum absolute atomic E-state index is 12.5. The summed E-state index contributed by atoms with van der Waals surface area (Å²) in [7, 11) is 1.79. The molecule has 5 nitrogen and oxygen atoms in total. The predicted molar refractivity (Wildman–Crippen MR) is 88.2 cm³/mol. The number of nitrogens with two attached hydrogens (primary N) is 1. The number of fused-ring (bicyclic) bond motifs is 1. The number of benzene rings is 1. The summed E-state index contributed by atoms with van der Waals surface area (Å²) in [6, 6.07) is 5.82. The molecule has 0 saturated heterocycles. The van der Waals surface area contributed by atoms with Crippen LogP contribution in [0.2, 0.25) is 0 Å². The van der Waals surface area contributed by atoms with Crippen LogP contribution in [0.3, 0.4) is 0 Å². The van der Waals surface area contributed by atoms with Gasteiger partial charge in [-0.3, -0.25) is 9.89 Å². The second kappa shape index (κ2) is 6.58. The monoisotopic (exact) mass is 352 g/mol. The van der Waals surface area contributed by atoms with Crippen LogP contribution in [0.1, 0.15) is 30.8 Å². The number of carbonyl (C=O) groups is 1. The van der Waals surface area contributed by atoms with Crippen LogP contribution in [0.4, 0.5) is 0 Å². The lowest BCUT2D eigenvalue weighted by Gasteiger charge is -2.21. The molecule has 0 aliphatic carbocycles. The molecule has 2 aromatic rings. The van der Waals surface area contributed by atoms with E-state index in [1.54, 1.807) is 11.9 Å². The molecule has 0 spiro atoms. The van der Waals surface area contributed by atoms with Crippen molar-refractivity contribution in [2.45, 2.75) is 26.3 Å². The first-order valence-corrected chi connectivity index (χ1v) is 7.84. The zero-order chi connectivity index (χ0) is 15.6. The fourth-order valence-corrected chi connectivity index (χ4v) is 2.47. The van der Waals surface area contributed by atoms with Crippen LogP contribution in [0.15, 0.2) is 22.7 Å². The maximum atomic E-state index is 12.5. The molecule has 1 heterocycles. The molecule has 1 atom stereocenters. The van der Waals surface area contributed by atoms with Crippen molar-refractivity contribution in [2.24, 2.45) is 11.7 Å². The zero-order valence-electron chi connectivity index (χ0n) is 12.6. The van der Waals surface area contributed by atoms with E-state index >= 15 is 0 Å². The Bertz CT molecular complexity index is 638. The van der Waals surface area contributed by atoms with Crippen LogP contribution in [-0.2, 0) is 0 Å². The minimum atomic E-state index is -0.0877. The number of halogens is 1. The van der Waals surface area contributed by atoms with Crippen molar-refractivity contribution < 1.29 is 4.79 Å².